The summed E-state index contributed by atoms with van der Waals surface area (Å²) in [5.41, 5.74) is -2.02. The summed E-state index contributed by atoms with van der Waals surface area (Å²) in [5, 5.41) is 0. The van der Waals surface area contributed by atoms with Gasteiger partial charge in [0.05, 0.1) is 38.9 Å². The van der Waals surface area contributed by atoms with Crippen molar-refractivity contribution in [1.82, 2.24) is 0 Å². The monoisotopic (exact) mass is 204 g/mol. The van der Waals surface area contributed by atoms with E-state index < -0.39 is 61.3 Å². The number of hydrogen-bond donors (Lipinski definition) is 0. The van der Waals surface area contributed by atoms with Gasteiger partial charge in [-0.2, -0.15) is 0 Å². The van der Waals surface area contributed by atoms with Gasteiger partial charge in [0.1, 0.15) is 0 Å². The van der Waals surface area contributed by atoms with Crippen molar-refractivity contribution in [3.63, 3.8) is 0 Å². The fourth-order valence-electron chi connectivity index (χ4n) is 0.619. The van der Waals surface area contributed by atoms with E-state index in [1.807, 2.05) is 0 Å². The fraction of sp³-hybridized carbons (Fsp3) is 0.200. The van der Waals surface area contributed by atoms with Crippen molar-refractivity contribution in [2.24, 2.45) is 0 Å². The van der Waals surface area contributed by atoms with E-state index in [1.54, 1.807) is 0 Å². The van der Waals surface area contributed by atoms with E-state index in [-0.39, 0.29) is 0 Å². The molecule has 0 aromatic heterocycles. The van der Waals surface area contributed by atoms with E-state index in [0.29, 0.717) is 0 Å². The third-order valence-corrected chi connectivity index (χ3v) is 1.22. The Kier molecular flexibility index (Phi) is 0.972. The summed E-state index contributed by atoms with van der Waals surface area (Å²) >= 11 is 0. The molecule has 1 rings (SSSR count). The normalized spacial score (nSPS) is 21.4. The summed E-state index contributed by atoms with van der Waals surface area (Å²) in [5.74, 6) is -3.30. The first kappa shape index (κ1) is 3.08. The summed E-state index contributed by atoms with van der Waals surface area (Å²) in [6, 6.07) is -4.27. The summed E-state index contributed by atoms with van der Waals surface area (Å²) < 4.78 is 79.3. The SMILES string of the molecule is [2H]c1c([2H])c(C(=O)OC([2H])([2H])[2H])c([2H])c([2H])c1C(=O)OC([2H])([2H])[2H]. The van der Waals surface area contributed by atoms with Gasteiger partial charge in [-0.1, -0.05) is 0 Å². The van der Waals surface area contributed by atoms with Crippen molar-refractivity contribution >= 4 is 11.9 Å². The summed E-state index contributed by atoms with van der Waals surface area (Å²) in [6.45, 7) is 0. The summed E-state index contributed by atoms with van der Waals surface area (Å²) in [6.07, 6.45) is 0. The lowest BCUT2D eigenvalue weighted by Gasteiger charge is -2.00. The van der Waals surface area contributed by atoms with Crippen molar-refractivity contribution < 1.29 is 32.8 Å². The molecule has 4 nitrogen and oxygen atoms in total. The maximum Gasteiger partial charge on any atom is 0.337 e. The Morgan fingerprint density at radius 2 is 1.43 bits per heavy atom. The van der Waals surface area contributed by atoms with E-state index in [2.05, 4.69) is 9.47 Å². The van der Waals surface area contributed by atoms with E-state index in [0.717, 1.165) is 0 Å². The predicted molar refractivity (Wildman–Crippen MR) is 49.1 cm³/mol. The highest BCUT2D eigenvalue weighted by Gasteiger charge is 2.08. The molecule has 0 bridgehead atoms. The molecule has 0 saturated carbocycles. The zero-order valence-electron chi connectivity index (χ0n) is 16.6. The first-order valence-electron chi connectivity index (χ1n) is 8.22. The molecule has 0 aliphatic heterocycles. The molecule has 0 aliphatic carbocycles. The number of carbonyl (C=O) groups is 2. The zero-order chi connectivity index (χ0) is 19.0. The topological polar surface area (TPSA) is 52.6 Å². The van der Waals surface area contributed by atoms with Gasteiger partial charge in [-0.05, 0) is 24.2 Å². The van der Waals surface area contributed by atoms with Crippen molar-refractivity contribution in [3.8, 4) is 0 Å². The molecular weight excluding hydrogens is 184 g/mol. The lowest BCUT2D eigenvalue weighted by molar-refractivity contribution is 0.0586. The lowest BCUT2D eigenvalue weighted by atomic mass is 10.1. The smallest absolute Gasteiger partial charge is 0.337 e. The summed E-state index contributed by atoms with van der Waals surface area (Å²) in [4.78, 5) is 23.4. The van der Waals surface area contributed by atoms with Crippen LogP contribution in [0.25, 0.3) is 0 Å². The number of rotatable bonds is 2. The van der Waals surface area contributed by atoms with Crippen LogP contribution in [0.15, 0.2) is 24.2 Å². The van der Waals surface area contributed by atoms with E-state index in [4.69, 9.17) is 13.7 Å². The average molecular weight is 204 g/mol. The lowest BCUT2D eigenvalue weighted by Crippen LogP contribution is -2.04. The fourth-order valence-corrected chi connectivity index (χ4v) is 0.619. The number of ether oxygens (including phenoxy) is 2. The van der Waals surface area contributed by atoms with Gasteiger partial charge >= 0.3 is 11.9 Å². The average Bonchev–Trinajstić information content (AvgIpc) is 2.32. The van der Waals surface area contributed by atoms with Crippen LogP contribution in [-0.2, 0) is 9.47 Å². The van der Waals surface area contributed by atoms with Crippen LogP contribution < -0.4 is 0 Å². The Labute approximate surface area is 95.5 Å². The molecule has 0 amide bonds. The van der Waals surface area contributed by atoms with Crippen LogP contribution in [-0.4, -0.2) is 26.0 Å². The first-order valence-corrected chi connectivity index (χ1v) is 3.22. The van der Waals surface area contributed by atoms with Crippen LogP contribution in [0.5, 0.6) is 0 Å². The number of benzene rings is 1. The molecule has 0 heterocycles. The largest absolute Gasteiger partial charge is 0.465 e. The van der Waals surface area contributed by atoms with Crippen LogP contribution in [0.4, 0.5) is 0 Å². The molecule has 0 N–H and O–H groups in total. The van der Waals surface area contributed by atoms with Crippen LogP contribution in [0.1, 0.15) is 34.4 Å². The van der Waals surface area contributed by atoms with E-state index in [1.165, 1.54) is 0 Å². The van der Waals surface area contributed by atoms with Crippen molar-refractivity contribution in [3.05, 3.63) is 35.3 Å². The number of carbonyl (C=O) groups excluding carboxylic acids is 2. The van der Waals surface area contributed by atoms with Gasteiger partial charge in [0.25, 0.3) is 0 Å². The second-order valence-corrected chi connectivity index (χ2v) is 2.03. The van der Waals surface area contributed by atoms with Crippen LogP contribution in [0, 0.1) is 0 Å². The molecule has 1 aromatic rings. The van der Waals surface area contributed by atoms with Crippen molar-refractivity contribution in [2.75, 3.05) is 14.1 Å². The van der Waals surface area contributed by atoms with Gasteiger partial charge in [0.2, 0.25) is 0 Å². The van der Waals surface area contributed by atoms with Gasteiger partial charge in [-0.3, -0.25) is 0 Å². The van der Waals surface area contributed by atoms with E-state index >= 15 is 0 Å². The van der Waals surface area contributed by atoms with Gasteiger partial charge in [-0.15, -0.1) is 0 Å². The Balaban J connectivity index is 3.46. The van der Waals surface area contributed by atoms with Crippen molar-refractivity contribution in [1.29, 1.82) is 0 Å². The molecule has 0 fully saturated rings. The molecule has 1 aromatic carbocycles. The Bertz CT molecular complexity index is 602. The molecular formula is C10H10O4. The maximum absolute atomic E-state index is 11.7. The Morgan fingerprint density at radius 3 is 1.71 bits per heavy atom. The number of esters is 2. The standard InChI is InChI=1S/C10H10O4/c1-13-9(11)7-3-5-8(6-4-7)10(12)14-2/h3-6H,1-2H3/i1D3,2D3,3D,4D,5D,6D. The van der Waals surface area contributed by atoms with Gasteiger partial charge in [0.15, 0.2) is 0 Å². The summed E-state index contributed by atoms with van der Waals surface area (Å²) in [7, 11) is -6.36. The number of methoxy groups -OCH3 is 2. The molecule has 4 heteroatoms. The first-order chi connectivity index (χ1) is 10.7. The molecule has 0 radical (unpaired) electrons. The highest BCUT2D eigenvalue weighted by Crippen LogP contribution is 2.06. The van der Waals surface area contributed by atoms with Gasteiger partial charge in [0, 0.05) is 0 Å². The highest BCUT2D eigenvalue weighted by atomic mass is 16.5. The third-order valence-electron chi connectivity index (χ3n) is 1.22. The van der Waals surface area contributed by atoms with Crippen molar-refractivity contribution in [2.45, 2.75) is 0 Å². The van der Waals surface area contributed by atoms with Crippen LogP contribution in [0.2, 0.25) is 0 Å². The van der Waals surface area contributed by atoms with Gasteiger partial charge < -0.3 is 9.47 Å². The second-order valence-electron chi connectivity index (χ2n) is 2.03. The molecule has 74 valence electrons. The highest BCUT2D eigenvalue weighted by molar-refractivity contribution is 5.93. The minimum Gasteiger partial charge on any atom is -0.465 e. The maximum atomic E-state index is 11.7. The second kappa shape index (κ2) is 4.41. The molecule has 0 saturated heterocycles. The molecule has 0 atom stereocenters. The van der Waals surface area contributed by atoms with Crippen LogP contribution in [0.3, 0.4) is 0 Å². The molecule has 14 heavy (non-hydrogen) atoms. The van der Waals surface area contributed by atoms with E-state index in [9.17, 15) is 9.59 Å². The molecule has 0 spiro atoms. The Morgan fingerprint density at radius 1 is 1.07 bits per heavy atom. The minimum absolute atomic E-state index is 1.01. The predicted octanol–water partition coefficient (Wildman–Crippen LogP) is 1.26. The molecule has 0 unspecified atom stereocenters. The quantitative estimate of drug-likeness (QED) is 0.680. The van der Waals surface area contributed by atoms with Crippen LogP contribution >= 0.6 is 0 Å². The molecule has 0 aliphatic rings. The Hall–Kier alpha value is -1.84. The number of hydrogen-bond acceptors (Lipinski definition) is 4. The zero-order valence-corrected chi connectivity index (χ0v) is 6.63. The third kappa shape index (κ3) is 2.10. The minimum atomic E-state index is -3.18. The van der Waals surface area contributed by atoms with Gasteiger partial charge in [-0.25, -0.2) is 9.59 Å².